The second-order valence-corrected chi connectivity index (χ2v) is 6.42. The topological polar surface area (TPSA) is 91.0 Å². The molecular weight excluding hydrogens is 344 g/mol. The van der Waals surface area contributed by atoms with Crippen LogP contribution >= 0.6 is 0 Å². The summed E-state index contributed by atoms with van der Waals surface area (Å²) < 4.78 is 16.4. The minimum atomic E-state index is 0.285. The van der Waals surface area contributed by atoms with E-state index in [2.05, 4.69) is 15.3 Å². The summed E-state index contributed by atoms with van der Waals surface area (Å²) in [5.74, 6) is 2.31. The lowest BCUT2D eigenvalue weighted by atomic mass is 10.2. The minimum Gasteiger partial charge on any atom is -0.497 e. The van der Waals surface area contributed by atoms with Crippen molar-refractivity contribution < 1.29 is 14.2 Å². The first-order valence-corrected chi connectivity index (χ1v) is 9.08. The highest BCUT2D eigenvalue weighted by Gasteiger charge is 2.16. The van der Waals surface area contributed by atoms with Gasteiger partial charge in [0.25, 0.3) is 0 Å². The van der Waals surface area contributed by atoms with E-state index in [9.17, 15) is 0 Å². The summed E-state index contributed by atoms with van der Waals surface area (Å²) in [5, 5.41) is 3.04. The fourth-order valence-electron chi connectivity index (χ4n) is 3.02. The van der Waals surface area contributed by atoms with Crippen LogP contribution in [0.4, 0.5) is 5.69 Å². The second-order valence-electron chi connectivity index (χ2n) is 6.42. The monoisotopic (exact) mass is 370 g/mol. The molecule has 1 heterocycles. The maximum atomic E-state index is 6.00. The Morgan fingerprint density at radius 2 is 2.00 bits per heavy atom. The Bertz CT molecular complexity index is 771. The van der Waals surface area contributed by atoms with E-state index in [1.54, 1.807) is 32.5 Å². The Morgan fingerprint density at radius 3 is 2.67 bits per heavy atom. The van der Waals surface area contributed by atoms with Gasteiger partial charge in [0.2, 0.25) is 5.88 Å². The quantitative estimate of drug-likeness (QED) is 0.574. The van der Waals surface area contributed by atoms with Crippen molar-refractivity contribution in [3.05, 3.63) is 42.1 Å². The number of rotatable bonds is 7. The van der Waals surface area contributed by atoms with Crippen LogP contribution < -0.4 is 25.3 Å². The van der Waals surface area contributed by atoms with Gasteiger partial charge in [-0.15, -0.1) is 0 Å². The summed E-state index contributed by atoms with van der Waals surface area (Å²) in [7, 11) is 3.21. The van der Waals surface area contributed by atoms with Crippen LogP contribution in [0.2, 0.25) is 0 Å². The van der Waals surface area contributed by atoms with Crippen LogP contribution in [-0.2, 0) is 6.54 Å². The highest BCUT2D eigenvalue weighted by Crippen LogP contribution is 2.28. The van der Waals surface area contributed by atoms with E-state index in [1.165, 1.54) is 12.8 Å². The van der Waals surface area contributed by atoms with E-state index in [0.717, 1.165) is 18.4 Å². The first kappa shape index (κ1) is 18.8. The van der Waals surface area contributed by atoms with Crippen LogP contribution in [0, 0.1) is 0 Å². The lowest BCUT2D eigenvalue weighted by Crippen LogP contribution is -2.23. The molecule has 3 rings (SSSR count). The summed E-state index contributed by atoms with van der Waals surface area (Å²) in [6, 6.07) is 9.27. The maximum Gasteiger partial charge on any atom is 0.213 e. The molecule has 1 aliphatic rings. The molecule has 1 aromatic heterocycles. The van der Waals surface area contributed by atoms with Gasteiger partial charge in [-0.25, -0.2) is 9.98 Å². The van der Waals surface area contributed by atoms with Crippen molar-refractivity contribution in [1.29, 1.82) is 0 Å². The number of hydrogen-bond donors (Lipinski definition) is 2. The predicted octanol–water partition coefficient (Wildman–Crippen LogP) is 3.35. The zero-order chi connectivity index (χ0) is 19.1. The third-order valence-corrected chi connectivity index (χ3v) is 4.49. The molecule has 0 spiro atoms. The fourth-order valence-corrected chi connectivity index (χ4v) is 3.02. The summed E-state index contributed by atoms with van der Waals surface area (Å²) in [4.78, 5) is 8.72. The number of nitrogens with zero attached hydrogens (tertiary/aromatic N) is 2. The Hall–Kier alpha value is -2.96. The van der Waals surface area contributed by atoms with Crippen molar-refractivity contribution >= 4 is 11.6 Å². The van der Waals surface area contributed by atoms with E-state index in [4.69, 9.17) is 19.9 Å². The molecule has 0 atom stereocenters. The summed E-state index contributed by atoms with van der Waals surface area (Å²) >= 11 is 0. The number of aliphatic imine (C=N–C) groups is 1. The van der Waals surface area contributed by atoms with E-state index in [1.807, 2.05) is 18.2 Å². The van der Waals surface area contributed by atoms with Gasteiger partial charge in [-0.2, -0.15) is 0 Å². The van der Waals surface area contributed by atoms with E-state index in [-0.39, 0.29) is 5.96 Å². The van der Waals surface area contributed by atoms with Crippen LogP contribution in [0.3, 0.4) is 0 Å². The summed E-state index contributed by atoms with van der Waals surface area (Å²) in [5.41, 5.74) is 7.65. The molecule has 144 valence electrons. The van der Waals surface area contributed by atoms with Gasteiger partial charge in [0.1, 0.15) is 17.6 Å². The molecule has 7 nitrogen and oxygen atoms in total. The molecule has 0 unspecified atom stereocenters. The van der Waals surface area contributed by atoms with Gasteiger partial charge in [0.15, 0.2) is 5.96 Å². The lowest BCUT2D eigenvalue weighted by molar-refractivity contribution is 0.201. The van der Waals surface area contributed by atoms with E-state index < -0.39 is 0 Å². The van der Waals surface area contributed by atoms with Crippen LogP contribution in [0.25, 0.3) is 0 Å². The SMILES string of the molecule is COc1ccc(OC)c(NC(N)=NCc2ccc(OC3CCCC3)nc2)c1. The standard InChI is InChI=1S/C20H26N4O3/c1-25-16-8-9-18(26-2)17(11-16)24-20(21)23-13-14-7-10-19(22-12-14)27-15-5-3-4-6-15/h7-12,15H,3-6,13H2,1-2H3,(H3,21,23,24). The molecule has 27 heavy (non-hydrogen) atoms. The number of ether oxygens (including phenoxy) is 3. The van der Waals surface area contributed by atoms with Crippen LogP contribution in [0.5, 0.6) is 17.4 Å². The third-order valence-electron chi connectivity index (χ3n) is 4.49. The number of methoxy groups -OCH3 is 2. The number of nitrogens with one attached hydrogen (secondary N) is 1. The van der Waals surface area contributed by atoms with Crippen molar-refractivity contribution in [1.82, 2.24) is 4.98 Å². The molecule has 1 aliphatic carbocycles. The molecule has 0 bridgehead atoms. The Kier molecular flexibility index (Phi) is 6.35. The van der Waals surface area contributed by atoms with Gasteiger partial charge >= 0.3 is 0 Å². The fraction of sp³-hybridized carbons (Fsp3) is 0.400. The molecule has 1 aromatic carbocycles. The number of aromatic nitrogens is 1. The van der Waals surface area contributed by atoms with Gasteiger partial charge in [0, 0.05) is 18.3 Å². The van der Waals surface area contributed by atoms with Crippen molar-refractivity contribution in [2.24, 2.45) is 10.7 Å². The van der Waals surface area contributed by atoms with Gasteiger partial charge < -0.3 is 25.3 Å². The Balaban J connectivity index is 1.58. The predicted molar refractivity (Wildman–Crippen MR) is 106 cm³/mol. The maximum absolute atomic E-state index is 6.00. The highest BCUT2D eigenvalue weighted by atomic mass is 16.5. The highest BCUT2D eigenvalue weighted by molar-refractivity contribution is 5.94. The number of anilines is 1. The van der Waals surface area contributed by atoms with Gasteiger partial charge in [0.05, 0.1) is 26.5 Å². The minimum absolute atomic E-state index is 0.285. The first-order valence-electron chi connectivity index (χ1n) is 9.08. The molecule has 0 saturated heterocycles. The molecule has 2 aromatic rings. The van der Waals surface area contributed by atoms with Crippen LogP contribution in [0.15, 0.2) is 41.5 Å². The number of nitrogens with two attached hydrogens (primary N) is 1. The average Bonchev–Trinajstić information content (AvgIpc) is 3.20. The molecule has 0 amide bonds. The smallest absolute Gasteiger partial charge is 0.213 e. The molecule has 7 heteroatoms. The molecule has 3 N–H and O–H groups in total. The van der Waals surface area contributed by atoms with E-state index in [0.29, 0.717) is 35.7 Å². The molecule has 0 aliphatic heterocycles. The zero-order valence-corrected chi connectivity index (χ0v) is 15.8. The van der Waals surface area contributed by atoms with Crippen LogP contribution in [0.1, 0.15) is 31.2 Å². The number of benzene rings is 1. The van der Waals surface area contributed by atoms with Crippen LogP contribution in [-0.4, -0.2) is 31.3 Å². The molecule has 1 fully saturated rings. The third kappa shape index (κ3) is 5.26. The Morgan fingerprint density at radius 1 is 1.19 bits per heavy atom. The summed E-state index contributed by atoms with van der Waals surface area (Å²) in [6.07, 6.45) is 6.78. The number of pyridine rings is 1. The molecular formula is C20H26N4O3. The molecule has 1 saturated carbocycles. The van der Waals surface area contributed by atoms with Crippen molar-refractivity contribution in [3.63, 3.8) is 0 Å². The number of hydrogen-bond acceptors (Lipinski definition) is 5. The largest absolute Gasteiger partial charge is 0.497 e. The van der Waals surface area contributed by atoms with Gasteiger partial charge in [-0.3, -0.25) is 0 Å². The zero-order valence-electron chi connectivity index (χ0n) is 15.8. The second kappa shape index (κ2) is 9.12. The normalized spacial score (nSPS) is 14.8. The van der Waals surface area contributed by atoms with Crippen molar-refractivity contribution in [2.75, 3.05) is 19.5 Å². The first-order chi connectivity index (χ1) is 13.2. The average molecular weight is 370 g/mol. The van der Waals surface area contributed by atoms with Gasteiger partial charge in [-0.05, 0) is 43.4 Å². The number of guanidine groups is 1. The van der Waals surface area contributed by atoms with Crippen molar-refractivity contribution in [3.8, 4) is 17.4 Å². The van der Waals surface area contributed by atoms with E-state index >= 15 is 0 Å². The lowest BCUT2D eigenvalue weighted by Gasteiger charge is -2.12. The molecule has 0 radical (unpaired) electrons. The Labute approximate surface area is 159 Å². The summed E-state index contributed by atoms with van der Waals surface area (Å²) in [6.45, 7) is 0.418. The van der Waals surface area contributed by atoms with Crippen molar-refractivity contribution in [2.45, 2.75) is 38.3 Å². The van der Waals surface area contributed by atoms with Gasteiger partial charge in [-0.1, -0.05) is 6.07 Å².